The van der Waals surface area contributed by atoms with E-state index in [0.29, 0.717) is 11.1 Å². The first-order valence-corrected chi connectivity index (χ1v) is 7.60. The summed E-state index contributed by atoms with van der Waals surface area (Å²) in [6.07, 6.45) is 0. The zero-order valence-corrected chi connectivity index (χ0v) is 13.7. The molecule has 0 aliphatic carbocycles. The van der Waals surface area contributed by atoms with Crippen LogP contribution in [-0.4, -0.2) is 40.7 Å². The second kappa shape index (κ2) is 6.72. The highest BCUT2D eigenvalue weighted by Crippen LogP contribution is 2.33. The van der Waals surface area contributed by atoms with Crippen LogP contribution in [0.15, 0.2) is 12.1 Å². The fourth-order valence-corrected chi connectivity index (χ4v) is 3.13. The van der Waals surface area contributed by atoms with E-state index in [1.54, 1.807) is 6.92 Å². The molecule has 0 bridgehead atoms. The maximum Gasteiger partial charge on any atom is 0.328 e. The second-order valence-electron chi connectivity index (χ2n) is 5.12. The number of carbonyl (C=O) groups is 3. The molecule has 1 aliphatic heterocycles. The number of nitrogens with two attached hydrogens (primary N) is 1. The van der Waals surface area contributed by atoms with Gasteiger partial charge in [-0.1, -0.05) is 11.6 Å². The van der Waals surface area contributed by atoms with Gasteiger partial charge in [-0.3, -0.25) is 14.5 Å². The van der Waals surface area contributed by atoms with Crippen molar-refractivity contribution in [2.75, 3.05) is 13.1 Å². The molecular formula is C14H14Cl2FN3O3. The smallest absolute Gasteiger partial charge is 0.328 e. The van der Waals surface area contributed by atoms with Gasteiger partial charge >= 0.3 is 6.03 Å². The number of benzene rings is 1. The molecule has 9 heteroatoms. The summed E-state index contributed by atoms with van der Waals surface area (Å²) >= 11 is 11.8. The van der Waals surface area contributed by atoms with Crippen molar-refractivity contribution in [1.29, 1.82) is 0 Å². The van der Waals surface area contributed by atoms with Gasteiger partial charge in [0.05, 0.1) is 6.04 Å². The van der Waals surface area contributed by atoms with Crippen LogP contribution >= 0.6 is 23.2 Å². The molecule has 0 radical (unpaired) electrons. The Kier molecular flexibility index (Phi) is 5.11. The third kappa shape index (κ3) is 3.40. The average molecular weight is 362 g/mol. The molecular weight excluding hydrogens is 348 g/mol. The number of carbonyl (C=O) groups excluding carboxylic acids is 3. The lowest BCUT2D eigenvalue weighted by molar-refractivity contribution is -0.129. The topological polar surface area (TPSA) is 83.7 Å². The minimum Gasteiger partial charge on any atom is -0.368 e. The molecule has 124 valence electrons. The zero-order chi connectivity index (χ0) is 17.3. The number of amides is 4. The summed E-state index contributed by atoms with van der Waals surface area (Å²) in [6, 6.07) is 1.04. The van der Waals surface area contributed by atoms with Crippen LogP contribution in [0.25, 0.3) is 0 Å². The first-order chi connectivity index (χ1) is 10.8. The number of urea groups is 1. The van der Waals surface area contributed by atoms with Gasteiger partial charge in [-0.05, 0) is 30.2 Å². The van der Waals surface area contributed by atoms with Crippen LogP contribution in [0.4, 0.5) is 9.18 Å². The average Bonchev–Trinajstić information content (AvgIpc) is 2.73. The number of nitrogens with zero attached hydrogens (tertiary/aromatic N) is 2. The van der Waals surface area contributed by atoms with Crippen LogP contribution < -0.4 is 5.73 Å². The van der Waals surface area contributed by atoms with Crippen LogP contribution in [0.3, 0.4) is 0 Å². The van der Waals surface area contributed by atoms with Crippen molar-refractivity contribution >= 4 is 41.0 Å². The van der Waals surface area contributed by atoms with Crippen LogP contribution in [0.1, 0.15) is 24.1 Å². The summed E-state index contributed by atoms with van der Waals surface area (Å²) in [7, 11) is 0. The van der Waals surface area contributed by atoms with E-state index < -0.39 is 36.2 Å². The molecule has 1 aromatic carbocycles. The Balaban J connectivity index is 2.35. The second-order valence-corrected chi connectivity index (χ2v) is 5.80. The molecule has 1 atom stereocenters. The highest BCUT2D eigenvalue weighted by atomic mass is 35.5. The summed E-state index contributed by atoms with van der Waals surface area (Å²) in [6.45, 7) is 0.899. The van der Waals surface area contributed by atoms with E-state index in [1.165, 1.54) is 11.0 Å². The molecule has 4 amide bonds. The number of alkyl halides is 1. The van der Waals surface area contributed by atoms with Crippen molar-refractivity contribution in [3.8, 4) is 0 Å². The Morgan fingerprint density at radius 2 is 2.09 bits per heavy atom. The van der Waals surface area contributed by atoms with Crippen molar-refractivity contribution in [2.45, 2.75) is 18.8 Å². The van der Waals surface area contributed by atoms with Gasteiger partial charge < -0.3 is 10.6 Å². The summed E-state index contributed by atoms with van der Waals surface area (Å²) in [5, 5.41) is 0.147. The van der Waals surface area contributed by atoms with E-state index in [0.717, 1.165) is 11.0 Å². The van der Waals surface area contributed by atoms with Gasteiger partial charge in [0.1, 0.15) is 18.9 Å². The Bertz CT molecular complexity index is 683. The van der Waals surface area contributed by atoms with Crippen molar-refractivity contribution in [3.05, 3.63) is 34.1 Å². The number of primary amides is 1. The fraction of sp³-hybridized carbons (Fsp3) is 0.357. The molecule has 23 heavy (non-hydrogen) atoms. The molecule has 0 unspecified atom stereocenters. The molecule has 1 fully saturated rings. The monoisotopic (exact) mass is 361 g/mol. The molecule has 1 saturated heterocycles. The number of hydrogen-bond acceptors (Lipinski definition) is 3. The van der Waals surface area contributed by atoms with E-state index in [9.17, 15) is 18.8 Å². The van der Waals surface area contributed by atoms with Gasteiger partial charge in [-0.2, -0.15) is 0 Å². The molecule has 1 heterocycles. The lowest BCUT2D eigenvalue weighted by Crippen LogP contribution is -2.39. The first kappa shape index (κ1) is 17.5. The normalized spacial score (nSPS) is 16.2. The number of halogens is 3. The molecule has 0 saturated carbocycles. The Hall–Kier alpha value is -1.86. The number of imide groups is 1. The molecule has 0 aromatic heterocycles. The quantitative estimate of drug-likeness (QED) is 0.643. The summed E-state index contributed by atoms with van der Waals surface area (Å²) < 4.78 is 13.6. The predicted octanol–water partition coefficient (Wildman–Crippen LogP) is 2.03. The van der Waals surface area contributed by atoms with Crippen LogP contribution in [0.5, 0.6) is 0 Å². The van der Waals surface area contributed by atoms with Crippen molar-refractivity contribution in [1.82, 2.24) is 9.80 Å². The Morgan fingerprint density at radius 3 is 2.65 bits per heavy atom. The summed E-state index contributed by atoms with van der Waals surface area (Å²) in [4.78, 5) is 37.1. The molecule has 6 nitrogen and oxygen atoms in total. The molecule has 1 aromatic rings. The predicted molar refractivity (Wildman–Crippen MR) is 82.4 cm³/mol. The summed E-state index contributed by atoms with van der Waals surface area (Å²) in [5.41, 5.74) is 5.92. The van der Waals surface area contributed by atoms with E-state index >= 15 is 0 Å². The summed E-state index contributed by atoms with van der Waals surface area (Å²) in [5.74, 6) is -1.88. The lowest BCUT2D eigenvalue weighted by atomic mass is 10.0. The first-order valence-electron chi connectivity index (χ1n) is 6.69. The standard InChI is InChI=1S/C14H14Cl2FN3O3/c1-7(9-2-8(17)3-11(16)10(9)4-15)19-6-13(22)20(14(19)23)5-12(18)21/h2-3,7H,4-6H2,1H3,(H2,18,21)/t7-/m0/s1. The van der Waals surface area contributed by atoms with E-state index in [2.05, 4.69) is 0 Å². The third-order valence-electron chi connectivity index (χ3n) is 3.64. The highest BCUT2D eigenvalue weighted by Gasteiger charge is 2.40. The molecule has 1 aliphatic rings. The third-order valence-corrected chi connectivity index (χ3v) is 4.25. The van der Waals surface area contributed by atoms with Gasteiger partial charge in [0.2, 0.25) is 5.91 Å². The van der Waals surface area contributed by atoms with Crippen LogP contribution in [0, 0.1) is 5.82 Å². The minimum atomic E-state index is -0.795. The zero-order valence-electron chi connectivity index (χ0n) is 12.2. The van der Waals surface area contributed by atoms with Crippen molar-refractivity contribution in [3.63, 3.8) is 0 Å². The number of rotatable bonds is 5. The molecule has 2 N–H and O–H groups in total. The van der Waals surface area contributed by atoms with Gasteiger partial charge in [-0.15, -0.1) is 11.6 Å². The SMILES string of the molecule is C[C@@H](c1cc(F)cc(Cl)c1CCl)N1CC(=O)N(CC(N)=O)C1=O. The van der Waals surface area contributed by atoms with Gasteiger partial charge in [-0.25, -0.2) is 9.18 Å². The Labute approximate surface area is 141 Å². The van der Waals surface area contributed by atoms with Crippen LogP contribution in [-0.2, 0) is 15.5 Å². The maximum absolute atomic E-state index is 13.6. The molecule has 0 spiro atoms. The number of hydrogen-bond donors (Lipinski definition) is 1. The maximum atomic E-state index is 13.6. The van der Waals surface area contributed by atoms with E-state index in [-0.39, 0.29) is 17.4 Å². The largest absolute Gasteiger partial charge is 0.368 e. The van der Waals surface area contributed by atoms with Crippen molar-refractivity contribution in [2.24, 2.45) is 5.73 Å². The van der Waals surface area contributed by atoms with Crippen LogP contribution in [0.2, 0.25) is 5.02 Å². The highest BCUT2D eigenvalue weighted by molar-refractivity contribution is 6.32. The van der Waals surface area contributed by atoms with Gasteiger partial charge in [0, 0.05) is 10.9 Å². The molecule has 2 rings (SSSR count). The minimum absolute atomic E-state index is 0.0275. The van der Waals surface area contributed by atoms with Gasteiger partial charge in [0.25, 0.3) is 5.91 Å². The van der Waals surface area contributed by atoms with Gasteiger partial charge in [0.15, 0.2) is 0 Å². The van der Waals surface area contributed by atoms with E-state index in [4.69, 9.17) is 28.9 Å². The lowest BCUT2D eigenvalue weighted by Gasteiger charge is -2.26. The fourth-order valence-electron chi connectivity index (χ4n) is 2.48. The van der Waals surface area contributed by atoms with E-state index in [1.807, 2.05) is 0 Å². The Morgan fingerprint density at radius 1 is 1.43 bits per heavy atom. The van der Waals surface area contributed by atoms with Crippen molar-refractivity contribution < 1.29 is 18.8 Å².